The molecule has 1 unspecified atom stereocenters. The molecule has 1 amide bonds. The minimum absolute atomic E-state index is 0.122. The first-order valence-electron chi connectivity index (χ1n) is 18.3. The molecule has 1 spiro atoms. The third-order valence-electron chi connectivity index (χ3n) is 12.0. The standard InChI is InChI=1S/C39H51N5O4/c1-37(2,3)48-36(45)44-22-28-17-39(18-28)19-29(23-44)33(39)34-30-9-12-43(21-27-7-5-4-6-8-27)24-32(30)31(20-40)35(41-34)47-26-38(10-11-38)25-42-13-15-46-16-14-42/h4-8,28-29,33H,9-19,21-26H2,1-3H3/t28?,29-,33?,39?/m1/s1. The Kier molecular flexibility index (Phi) is 8.21. The zero-order valence-electron chi connectivity index (χ0n) is 29.0. The van der Waals surface area contributed by atoms with Crippen LogP contribution in [0.4, 0.5) is 4.79 Å². The van der Waals surface area contributed by atoms with Gasteiger partial charge in [0.25, 0.3) is 0 Å². The Morgan fingerprint density at radius 2 is 1.81 bits per heavy atom. The fourth-order valence-corrected chi connectivity index (χ4v) is 9.70. The summed E-state index contributed by atoms with van der Waals surface area (Å²) in [5.41, 5.74) is 5.27. The van der Waals surface area contributed by atoms with Crippen LogP contribution in [0.15, 0.2) is 30.3 Å². The SMILES string of the molecule is CC(C)(C)OC(=O)N1CC2CC3(C2)C[C@H](C1)C3c1nc(OCC2(CN3CCOCC3)CC2)c(C#N)c2c1CCN(Cc1ccccc1)C2. The molecule has 10 rings (SSSR count). The molecule has 256 valence electrons. The summed E-state index contributed by atoms with van der Waals surface area (Å²) in [6.07, 6.45) is 6.35. The monoisotopic (exact) mass is 653 g/mol. The van der Waals surface area contributed by atoms with Crippen molar-refractivity contribution in [1.82, 2.24) is 19.7 Å². The van der Waals surface area contributed by atoms with Crippen LogP contribution in [0.5, 0.6) is 5.88 Å². The van der Waals surface area contributed by atoms with E-state index in [1.807, 2.05) is 25.7 Å². The Bertz CT molecular complexity index is 1560. The molecular weight excluding hydrogens is 602 g/mol. The number of pyridine rings is 1. The van der Waals surface area contributed by atoms with Gasteiger partial charge in [-0.05, 0) is 93.2 Å². The molecule has 1 aromatic heterocycles. The molecule has 8 aliphatic rings. The number of hydrogen-bond donors (Lipinski definition) is 0. The lowest BCUT2D eigenvalue weighted by Crippen LogP contribution is -2.63. The maximum Gasteiger partial charge on any atom is 0.410 e. The van der Waals surface area contributed by atoms with Crippen LogP contribution >= 0.6 is 0 Å². The predicted molar refractivity (Wildman–Crippen MR) is 181 cm³/mol. The summed E-state index contributed by atoms with van der Waals surface area (Å²) in [7, 11) is 0. The maximum atomic E-state index is 13.3. The number of fused-ring (bicyclic) bond motifs is 1. The number of carbonyl (C=O) groups is 1. The lowest BCUT2D eigenvalue weighted by atomic mass is 9.40. The number of benzene rings is 1. The van der Waals surface area contributed by atoms with Crippen molar-refractivity contribution in [2.24, 2.45) is 22.7 Å². The van der Waals surface area contributed by atoms with Gasteiger partial charge in [-0.1, -0.05) is 30.3 Å². The van der Waals surface area contributed by atoms with Gasteiger partial charge in [0, 0.05) is 63.7 Å². The molecule has 9 nitrogen and oxygen atoms in total. The van der Waals surface area contributed by atoms with E-state index >= 15 is 0 Å². The number of hydrogen-bond acceptors (Lipinski definition) is 8. The molecule has 5 aliphatic heterocycles. The molecule has 3 saturated carbocycles. The molecule has 0 radical (unpaired) electrons. The van der Waals surface area contributed by atoms with Crippen molar-refractivity contribution < 1.29 is 19.0 Å². The molecule has 2 atom stereocenters. The van der Waals surface area contributed by atoms with Crippen molar-refractivity contribution in [3.05, 3.63) is 58.3 Å². The molecular formula is C39H51N5O4. The first-order valence-corrected chi connectivity index (χ1v) is 18.3. The fraction of sp³-hybridized carbons (Fsp3) is 0.667. The Morgan fingerprint density at radius 1 is 1.04 bits per heavy atom. The zero-order valence-corrected chi connectivity index (χ0v) is 29.0. The lowest BCUT2D eigenvalue weighted by molar-refractivity contribution is -0.137. The molecule has 4 saturated heterocycles. The quantitative estimate of drug-likeness (QED) is 0.356. The molecule has 0 N–H and O–H groups in total. The molecule has 2 aromatic rings. The van der Waals surface area contributed by atoms with E-state index in [0.29, 0.717) is 36.4 Å². The number of amides is 1. The first kappa shape index (κ1) is 32.0. The number of carbonyl (C=O) groups excluding carboxylic acids is 1. The predicted octanol–water partition coefficient (Wildman–Crippen LogP) is 5.75. The summed E-state index contributed by atoms with van der Waals surface area (Å²) in [4.78, 5) is 25.7. The van der Waals surface area contributed by atoms with E-state index in [1.165, 1.54) is 11.1 Å². The van der Waals surface area contributed by atoms with Gasteiger partial charge >= 0.3 is 6.09 Å². The van der Waals surface area contributed by atoms with Gasteiger partial charge in [0.05, 0.1) is 25.5 Å². The zero-order chi connectivity index (χ0) is 33.1. The van der Waals surface area contributed by atoms with Gasteiger partial charge < -0.3 is 19.1 Å². The van der Waals surface area contributed by atoms with Gasteiger partial charge in [-0.25, -0.2) is 9.78 Å². The summed E-state index contributed by atoms with van der Waals surface area (Å²) in [6, 6.07) is 13.2. The highest BCUT2D eigenvalue weighted by molar-refractivity contribution is 5.68. The smallest absolute Gasteiger partial charge is 0.410 e. The van der Waals surface area contributed by atoms with E-state index in [4.69, 9.17) is 19.2 Å². The third-order valence-corrected chi connectivity index (χ3v) is 12.0. The number of morpholine rings is 1. The highest BCUT2D eigenvalue weighted by Gasteiger charge is 2.63. The number of nitriles is 1. The van der Waals surface area contributed by atoms with Crippen LogP contribution in [0.3, 0.4) is 0 Å². The van der Waals surface area contributed by atoms with Crippen LogP contribution in [-0.4, -0.2) is 90.5 Å². The number of rotatable bonds is 8. The highest BCUT2D eigenvalue weighted by Crippen LogP contribution is 2.70. The summed E-state index contributed by atoms with van der Waals surface area (Å²) in [5.74, 6) is 1.63. The second-order valence-electron chi connectivity index (χ2n) is 16.8. The molecule has 6 heterocycles. The van der Waals surface area contributed by atoms with Gasteiger partial charge in [0.1, 0.15) is 17.2 Å². The van der Waals surface area contributed by atoms with Crippen LogP contribution in [0.2, 0.25) is 0 Å². The Labute approximate surface area is 285 Å². The van der Waals surface area contributed by atoms with Gasteiger partial charge in [-0.2, -0.15) is 5.26 Å². The van der Waals surface area contributed by atoms with E-state index in [-0.39, 0.29) is 22.8 Å². The van der Waals surface area contributed by atoms with Gasteiger partial charge in [0.2, 0.25) is 5.88 Å². The summed E-state index contributed by atoms with van der Waals surface area (Å²) in [6.45, 7) is 14.9. The summed E-state index contributed by atoms with van der Waals surface area (Å²) < 4.78 is 18.2. The average Bonchev–Trinajstić information content (AvgIpc) is 3.77. The van der Waals surface area contributed by atoms with Crippen LogP contribution in [0.1, 0.15) is 86.7 Å². The van der Waals surface area contributed by atoms with Crippen molar-refractivity contribution in [3.8, 4) is 11.9 Å². The van der Waals surface area contributed by atoms with E-state index in [1.54, 1.807) is 0 Å². The Hall–Kier alpha value is -3.19. The molecule has 9 heteroatoms. The average molecular weight is 654 g/mol. The molecule has 48 heavy (non-hydrogen) atoms. The molecule has 7 fully saturated rings. The summed E-state index contributed by atoms with van der Waals surface area (Å²) >= 11 is 0. The van der Waals surface area contributed by atoms with Crippen LogP contribution in [0.25, 0.3) is 0 Å². The first-order chi connectivity index (χ1) is 23.1. The fourth-order valence-electron chi connectivity index (χ4n) is 9.70. The highest BCUT2D eigenvalue weighted by atomic mass is 16.6. The normalized spacial score (nSPS) is 29.3. The largest absolute Gasteiger partial charge is 0.476 e. The maximum absolute atomic E-state index is 13.3. The topological polar surface area (TPSA) is 91.2 Å². The van der Waals surface area contributed by atoms with Crippen molar-refractivity contribution in [2.45, 2.75) is 83.9 Å². The van der Waals surface area contributed by atoms with E-state index < -0.39 is 5.60 Å². The van der Waals surface area contributed by atoms with E-state index in [9.17, 15) is 10.1 Å². The third kappa shape index (κ3) is 6.21. The van der Waals surface area contributed by atoms with Gasteiger partial charge in [-0.3, -0.25) is 9.80 Å². The second-order valence-corrected chi connectivity index (χ2v) is 16.8. The van der Waals surface area contributed by atoms with Crippen LogP contribution in [0, 0.1) is 34.0 Å². The number of ether oxygens (including phenoxy) is 3. The van der Waals surface area contributed by atoms with Crippen molar-refractivity contribution in [3.63, 3.8) is 0 Å². The Balaban J connectivity index is 1.11. The minimum atomic E-state index is -0.520. The van der Waals surface area contributed by atoms with E-state index in [2.05, 4.69) is 46.2 Å². The van der Waals surface area contributed by atoms with Crippen molar-refractivity contribution in [2.75, 3.05) is 59.1 Å². The molecule has 3 aliphatic carbocycles. The summed E-state index contributed by atoms with van der Waals surface area (Å²) in [5, 5.41) is 10.7. The van der Waals surface area contributed by atoms with Crippen LogP contribution < -0.4 is 4.74 Å². The van der Waals surface area contributed by atoms with Crippen LogP contribution in [-0.2, 0) is 29.0 Å². The van der Waals surface area contributed by atoms with Gasteiger partial charge in [0.15, 0.2) is 0 Å². The Morgan fingerprint density at radius 3 is 2.52 bits per heavy atom. The second kappa shape index (κ2) is 12.3. The number of aromatic nitrogens is 1. The lowest BCUT2D eigenvalue weighted by Gasteiger charge is -2.66. The molecule has 3 bridgehead atoms. The molecule has 1 aromatic carbocycles. The van der Waals surface area contributed by atoms with Crippen molar-refractivity contribution in [1.29, 1.82) is 5.26 Å². The van der Waals surface area contributed by atoms with E-state index in [0.717, 1.165) is 109 Å². The minimum Gasteiger partial charge on any atom is -0.476 e. The van der Waals surface area contributed by atoms with Gasteiger partial charge in [-0.15, -0.1) is 0 Å². The number of nitrogens with zero attached hydrogens (tertiary/aromatic N) is 5. The van der Waals surface area contributed by atoms with Crippen molar-refractivity contribution >= 4 is 6.09 Å².